The lowest BCUT2D eigenvalue weighted by Crippen LogP contribution is -2.17. The van der Waals surface area contributed by atoms with E-state index >= 15 is 0 Å². The minimum absolute atomic E-state index is 0.0389. The van der Waals surface area contributed by atoms with Crippen LogP contribution >= 0.6 is 11.8 Å². The molecule has 0 amide bonds. The second-order valence-corrected chi connectivity index (χ2v) is 5.53. The van der Waals surface area contributed by atoms with Crippen LogP contribution in [0.5, 0.6) is 0 Å². The summed E-state index contributed by atoms with van der Waals surface area (Å²) >= 11 is 1.88. The molecule has 0 radical (unpaired) electrons. The van der Waals surface area contributed by atoms with Gasteiger partial charge in [-0.3, -0.25) is 10.1 Å². The van der Waals surface area contributed by atoms with Crippen molar-refractivity contribution in [3.05, 3.63) is 22.2 Å². The Morgan fingerprint density at radius 1 is 1.47 bits per heavy atom. The number of hydrogen-bond donors (Lipinski definition) is 2. The smallest absolute Gasteiger partial charge is 0.276 e. The van der Waals surface area contributed by atoms with Gasteiger partial charge in [0.2, 0.25) is 0 Å². The van der Waals surface area contributed by atoms with Gasteiger partial charge in [-0.25, -0.2) is 4.98 Å². The van der Waals surface area contributed by atoms with Gasteiger partial charge in [0.1, 0.15) is 11.6 Å². The molecule has 7 heteroatoms. The maximum absolute atomic E-state index is 10.8. The largest absolute Gasteiger partial charge is 0.373 e. The zero-order valence-corrected chi connectivity index (χ0v) is 12.3. The quantitative estimate of drug-likeness (QED) is 0.434. The Morgan fingerprint density at radius 2 is 2.16 bits per heavy atom. The van der Waals surface area contributed by atoms with Crippen molar-refractivity contribution in [3.8, 4) is 0 Å². The van der Waals surface area contributed by atoms with Crippen LogP contribution in [-0.4, -0.2) is 34.5 Å². The van der Waals surface area contributed by atoms with E-state index in [4.69, 9.17) is 0 Å². The highest BCUT2D eigenvalue weighted by molar-refractivity contribution is 7.99. The fourth-order valence-corrected chi connectivity index (χ4v) is 2.36. The van der Waals surface area contributed by atoms with Crippen LogP contribution in [-0.2, 0) is 0 Å². The Labute approximate surface area is 117 Å². The van der Waals surface area contributed by atoms with Gasteiger partial charge in [-0.2, -0.15) is 11.8 Å². The number of nitrogens with zero attached hydrogens (tertiary/aromatic N) is 2. The first-order chi connectivity index (χ1) is 9.06. The molecule has 1 unspecified atom stereocenters. The van der Waals surface area contributed by atoms with Gasteiger partial charge in [0, 0.05) is 13.1 Å². The van der Waals surface area contributed by atoms with Crippen molar-refractivity contribution < 1.29 is 4.92 Å². The molecule has 1 aromatic rings. The fraction of sp³-hybridized carbons (Fsp3) is 0.583. The standard InChI is InChI=1S/C12H20N4O2S/c1-4-19-6-5-9(2)14-12-8-10(16(17)18)7-11(13-3)15-12/h7-9H,4-6H2,1-3H3,(H2,13,14,15). The molecule has 2 N–H and O–H groups in total. The number of anilines is 2. The number of pyridine rings is 1. The van der Waals surface area contributed by atoms with E-state index in [-0.39, 0.29) is 11.7 Å². The highest BCUT2D eigenvalue weighted by Crippen LogP contribution is 2.21. The van der Waals surface area contributed by atoms with Crippen molar-refractivity contribution in [1.82, 2.24) is 4.98 Å². The number of hydrogen-bond acceptors (Lipinski definition) is 6. The zero-order chi connectivity index (χ0) is 14.3. The molecule has 0 fully saturated rings. The van der Waals surface area contributed by atoms with E-state index in [9.17, 15) is 10.1 Å². The third kappa shape index (κ3) is 5.34. The van der Waals surface area contributed by atoms with E-state index in [1.807, 2.05) is 11.8 Å². The van der Waals surface area contributed by atoms with Gasteiger partial charge in [0.05, 0.1) is 17.1 Å². The van der Waals surface area contributed by atoms with Crippen LogP contribution in [0, 0.1) is 10.1 Å². The molecule has 0 aliphatic rings. The maximum Gasteiger partial charge on any atom is 0.276 e. The maximum atomic E-state index is 10.8. The molecule has 1 atom stereocenters. The van der Waals surface area contributed by atoms with E-state index < -0.39 is 4.92 Å². The summed E-state index contributed by atoms with van der Waals surface area (Å²) in [6.45, 7) is 4.18. The molecule has 1 aromatic heterocycles. The lowest BCUT2D eigenvalue weighted by atomic mass is 10.2. The number of rotatable bonds is 8. The van der Waals surface area contributed by atoms with Crippen LogP contribution in [0.2, 0.25) is 0 Å². The summed E-state index contributed by atoms with van der Waals surface area (Å²) in [5.74, 6) is 3.20. The minimum atomic E-state index is -0.411. The highest BCUT2D eigenvalue weighted by atomic mass is 32.2. The Hall–Kier alpha value is -1.50. The van der Waals surface area contributed by atoms with Gasteiger partial charge in [0.15, 0.2) is 0 Å². The van der Waals surface area contributed by atoms with Gasteiger partial charge in [0.25, 0.3) is 5.69 Å². The summed E-state index contributed by atoms with van der Waals surface area (Å²) in [6, 6.07) is 3.12. The van der Waals surface area contributed by atoms with Crippen LogP contribution in [0.4, 0.5) is 17.3 Å². The molecule has 106 valence electrons. The molecule has 0 aromatic carbocycles. The second-order valence-electron chi connectivity index (χ2n) is 4.13. The van der Waals surface area contributed by atoms with Crippen molar-refractivity contribution in [1.29, 1.82) is 0 Å². The highest BCUT2D eigenvalue weighted by Gasteiger charge is 2.12. The predicted molar refractivity (Wildman–Crippen MR) is 81.1 cm³/mol. The van der Waals surface area contributed by atoms with Crippen LogP contribution in [0.3, 0.4) is 0 Å². The average molecular weight is 284 g/mol. The molecule has 6 nitrogen and oxygen atoms in total. The number of thioether (sulfide) groups is 1. The summed E-state index contributed by atoms with van der Waals surface area (Å²) < 4.78 is 0. The molecule has 0 saturated carbocycles. The topological polar surface area (TPSA) is 80.1 Å². The van der Waals surface area contributed by atoms with Crippen molar-refractivity contribution in [2.24, 2.45) is 0 Å². The van der Waals surface area contributed by atoms with Crippen LogP contribution in [0.15, 0.2) is 12.1 Å². The Morgan fingerprint density at radius 3 is 2.74 bits per heavy atom. The van der Waals surface area contributed by atoms with Crippen molar-refractivity contribution in [2.75, 3.05) is 29.2 Å². The summed E-state index contributed by atoms with van der Waals surface area (Å²) in [4.78, 5) is 14.7. The van der Waals surface area contributed by atoms with Crippen molar-refractivity contribution in [3.63, 3.8) is 0 Å². The molecule has 1 heterocycles. The van der Waals surface area contributed by atoms with Gasteiger partial charge in [-0.15, -0.1) is 0 Å². The molecule has 0 spiro atoms. The molecule has 0 aliphatic heterocycles. The van der Waals surface area contributed by atoms with Crippen LogP contribution in [0.25, 0.3) is 0 Å². The van der Waals surface area contributed by atoms with Crippen molar-refractivity contribution in [2.45, 2.75) is 26.3 Å². The van der Waals surface area contributed by atoms with Gasteiger partial charge in [-0.1, -0.05) is 6.92 Å². The van der Waals surface area contributed by atoms with Gasteiger partial charge >= 0.3 is 0 Å². The molecular weight excluding hydrogens is 264 g/mol. The SMILES string of the molecule is CCSCCC(C)Nc1cc([N+](=O)[O-])cc(NC)n1. The number of aromatic nitrogens is 1. The predicted octanol–water partition coefficient (Wildman–Crippen LogP) is 2.98. The molecular formula is C12H20N4O2S. The second kappa shape index (κ2) is 7.83. The van der Waals surface area contributed by atoms with E-state index in [1.54, 1.807) is 7.05 Å². The van der Waals surface area contributed by atoms with E-state index in [2.05, 4.69) is 29.5 Å². The molecule has 1 rings (SSSR count). The normalized spacial score (nSPS) is 11.9. The Balaban J connectivity index is 2.71. The van der Waals surface area contributed by atoms with Crippen molar-refractivity contribution >= 4 is 29.1 Å². The average Bonchev–Trinajstić information content (AvgIpc) is 2.38. The van der Waals surface area contributed by atoms with E-state index in [0.29, 0.717) is 11.6 Å². The first kappa shape index (κ1) is 15.6. The van der Waals surface area contributed by atoms with E-state index in [1.165, 1.54) is 12.1 Å². The third-order valence-electron chi connectivity index (χ3n) is 2.57. The summed E-state index contributed by atoms with van der Waals surface area (Å²) in [7, 11) is 1.69. The third-order valence-corrected chi connectivity index (χ3v) is 3.50. The number of nitro groups is 1. The summed E-state index contributed by atoms with van der Waals surface area (Å²) in [6.07, 6.45) is 0.998. The van der Waals surface area contributed by atoms with Crippen LogP contribution < -0.4 is 10.6 Å². The Bertz CT molecular complexity index is 428. The molecule has 0 saturated heterocycles. The number of nitrogens with one attached hydrogen (secondary N) is 2. The molecule has 0 bridgehead atoms. The molecule has 19 heavy (non-hydrogen) atoms. The lowest BCUT2D eigenvalue weighted by molar-refractivity contribution is -0.384. The molecule has 0 aliphatic carbocycles. The lowest BCUT2D eigenvalue weighted by Gasteiger charge is -2.14. The van der Waals surface area contributed by atoms with Crippen LogP contribution in [0.1, 0.15) is 20.3 Å². The Kier molecular flexibility index (Phi) is 6.41. The fourth-order valence-electron chi connectivity index (χ4n) is 1.55. The first-order valence-electron chi connectivity index (χ1n) is 6.25. The monoisotopic (exact) mass is 284 g/mol. The zero-order valence-electron chi connectivity index (χ0n) is 11.5. The minimum Gasteiger partial charge on any atom is -0.373 e. The summed E-state index contributed by atoms with van der Waals surface area (Å²) in [5, 5.41) is 16.9. The first-order valence-corrected chi connectivity index (χ1v) is 7.40. The van der Waals surface area contributed by atoms with Gasteiger partial charge in [-0.05, 0) is 24.9 Å². The summed E-state index contributed by atoms with van der Waals surface area (Å²) in [5.41, 5.74) is 0.0389. The van der Waals surface area contributed by atoms with Gasteiger partial charge < -0.3 is 10.6 Å². The van der Waals surface area contributed by atoms with E-state index in [0.717, 1.165) is 17.9 Å².